The first-order valence-electron chi connectivity index (χ1n) is 14.4. The number of hydrogen-bond donors (Lipinski definition) is 2. The molecular formula is C29H35N9O3S2. The number of aromatic nitrogens is 4. The summed E-state index contributed by atoms with van der Waals surface area (Å²) in [5.41, 5.74) is 1.05. The van der Waals surface area contributed by atoms with E-state index in [1.807, 2.05) is 19.1 Å². The van der Waals surface area contributed by atoms with Crippen molar-refractivity contribution in [3.63, 3.8) is 0 Å². The highest BCUT2D eigenvalue weighted by Crippen LogP contribution is 2.52. The van der Waals surface area contributed by atoms with Gasteiger partial charge in [-0.1, -0.05) is 5.21 Å². The van der Waals surface area contributed by atoms with E-state index in [0.717, 1.165) is 33.7 Å². The summed E-state index contributed by atoms with van der Waals surface area (Å²) in [5, 5.41) is 28.6. The van der Waals surface area contributed by atoms with Crippen LogP contribution in [0.15, 0.2) is 12.1 Å². The molecule has 2 aliphatic carbocycles. The van der Waals surface area contributed by atoms with Gasteiger partial charge in [-0.3, -0.25) is 14.4 Å². The summed E-state index contributed by atoms with van der Waals surface area (Å²) >= 11 is 2.92. The number of nitrogens with zero attached hydrogens (tertiary/aromatic N) is 7. The summed E-state index contributed by atoms with van der Waals surface area (Å²) in [6.45, 7) is 2.12. The van der Waals surface area contributed by atoms with Crippen LogP contribution in [0.1, 0.15) is 72.2 Å². The Hall–Kier alpha value is -3.67. The SMILES string of the molecule is C[C@H](CC1(c2nn[nH]n2)c2cc(C(=O)N(C)C)sc2CCc2cc(C(=O)N(C)C)sc21)NCC(=O)N1[C@H](C#N)C[C@@H]2C[C@@H]21. The number of thiophene rings is 2. The molecule has 12 nitrogen and oxygen atoms in total. The van der Waals surface area contributed by atoms with E-state index in [1.54, 1.807) is 42.9 Å². The minimum Gasteiger partial charge on any atom is -0.344 e. The van der Waals surface area contributed by atoms with Gasteiger partial charge in [0.05, 0.1) is 27.8 Å². The summed E-state index contributed by atoms with van der Waals surface area (Å²) < 4.78 is 0. The zero-order chi connectivity index (χ0) is 30.6. The maximum absolute atomic E-state index is 13.3. The fourth-order valence-electron chi connectivity index (χ4n) is 6.65. The summed E-state index contributed by atoms with van der Waals surface area (Å²) in [5.74, 6) is 0.674. The number of likely N-dealkylation sites (tertiary alicyclic amines) is 1. The highest BCUT2D eigenvalue weighted by Gasteiger charge is 2.54. The molecular weight excluding hydrogens is 587 g/mol. The van der Waals surface area contributed by atoms with Gasteiger partial charge in [0.15, 0.2) is 5.82 Å². The van der Waals surface area contributed by atoms with E-state index in [4.69, 9.17) is 0 Å². The number of nitriles is 1. The maximum atomic E-state index is 13.3. The van der Waals surface area contributed by atoms with Gasteiger partial charge in [0.1, 0.15) is 6.04 Å². The quantitative estimate of drug-likeness (QED) is 0.388. The second-order valence-corrected chi connectivity index (χ2v) is 14.4. The Morgan fingerprint density at radius 3 is 2.51 bits per heavy atom. The lowest BCUT2D eigenvalue weighted by molar-refractivity contribution is -0.131. The molecule has 14 heteroatoms. The third-order valence-corrected chi connectivity index (χ3v) is 11.3. The molecule has 1 saturated heterocycles. The molecule has 4 heterocycles. The van der Waals surface area contributed by atoms with Gasteiger partial charge in [0.2, 0.25) is 5.91 Å². The number of amides is 3. The van der Waals surface area contributed by atoms with Crippen LogP contribution in [-0.4, -0.2) is 106 Å². The van der Waals surface area contributed by atoms with Crippen molar-refractivity contribution in [1.82, 2.24) is 40.6 Å². The number of carbonyl (C=O) groups excluding carboxylic acids is 3. The third kappa shape index (κ3) is 5.03. The molecule has 1 aliphatic heterocycles. The Morgan fingerprint density at radius 1 is 1.14 bits per heavy atom. The molecule has 5 atom stereocenters. The molecule has 0 radical (unpaired) electrons. The van der Waals surface area contributed by atoms with Crippen molar-refractivity contribution in [2.75, 3.05) is 34.7 Å². The molecule has 0 spiro atoms. The zero-order valence-corrected chi connectivity index (χ0v) is 26.5. The van der Waals surface area contributed by atoms with Crippen molar-refractivity contribution in [2.24, 2.45) is 5.92 Å². The smallest absolute Gasteiger partial charge is 0.263 e. The maximum Gasteiger partial charge on any atom is 0.263 e. The molecule has 3 aromatic heterocycles. The Kier molecular flexibility index (Phi) is 7.60. The van der Waals surface area contributed by atoms with Crippen molar-refractivity contribution >= 4 is 40.4 Å². The first-order valence-corrected chi connectivity index (χ1v) is 16.1. The molecule has 3 amide bonds. The predicted molar refractivity (Wildman–Crippen MR) is 161 cm³/mol. The third-order valence-electron chi connectivity index (χ3n) is 8.80. The highest BCUT2D eigenvalue weighted by atomic mass is 32.1. The van der Waals surface area contributed by atoms with Crippen molar-refractivity contribution in [2.45, 2.75) is 62.6 Å². The first kappa shape index (κ1) is 29.4. The molecule has 1 saturated carbocycles. The molecule has 6 rings (SSSR count). The van der Waals surface area contributed by atoms with Gasteiger partial charge in [-0.15, -0.1) is 32.9 Å². The topological polar surface area (TPSA) is 151 Å². The largest absolute Gasteiger partial charge is 0.344 e. The molecule has 2 N–H and O–H groups in total. The van der Waals surface area contributed by atoms with Gasteiger partial charge in [0.25, 0.3) is 11.8 Å². The number of piperidine rings is 1. The second kappa shape index (κ2) is 11.1. The van der Waals surface area contributed by atoms with Gasteiger partial charge < -0.3 is 20.0 Å². The van der Waals surface area contributed by atoms with Crippen LogP contribution < -0.4 is 5.32 Å². The number of H-pyrrole nitrogens is 1. The van der Waals surface area contributed by atoms with Crippen molar-refractivity contribution < 1.29 is 14.4 Å². The molecule has 0 aromatic carbocycles. The van der Waals surface area contributed by atoms with Crippen LogP contribution in [0.4, 0.5) is 0 Å². The lowest BCUT2D eigenvalue weighted by atomic mass is 9.73. The van der Waals surface area contributed by atoms with Crippen LogP contribution in [0, 0.1) is 17.2 Å². The average molecular weight is 622 g/mol. The van der Waals surface area contributed by atoms with E-state index < -0.39 is 5.41 Å². The summed E-state index contributed by atoms with van der Waals surface area (Å²) in [6, 6.07) is 5.84. The lowest BCUT2D eigenvalue weighted by Crippen LogP contribution is -2.46. The number of carbonyl (C=O) groups is 3. The summed E-state index contributed by atoms with van der Waals surface area (Å²) in [7, 11) is 6.94. The normalized spacial score (nSPS) is 24.3. The van der Waals surface area contributed by atoms with Crippen LogP contribution in [0.5, 0.6) is 0 Å². The van der Waals surface area contributed by atoms with Crippen LogP contribution in [0.3, 0.4) is 0 Å². The molecule has 3 aromatic rings. The molecule has 2 fully saturated rings. The van der Waals surface area contributed by atoms with Gasteiger partial charge in [-0.25, -0.2) is 0 Å². The van der Waals surface area contributed by atoms with Gasteiger partial charge in [0, 0.05) is 50.0 Å². The number of nitrogens with one attached hydrogen (secondary N) is 2. The standard InChI is InChI=1S/C29H35N9O3S2/c1-15(31-14-24(39)38-18(13-30)8-17-9-20(17)38)12-29(28-32-34-35-33-28)19-11-23(27(41)37(4)5)42-21(19)7-6-16-10-22(43-25(16)29)26(40)36(2)3/h10-11,15,17-18,20,31H,6-9,12,14H2,1-5H3,(H,32,33,34,35)/t15-,17-,18+,20+,29?/m1/s1. The van der Waals surface area contributed by atoms with Gasteiger partial charge >= 0.3 is 0 Å². The fourth-order valence-corrected chi connectivity index (χ4v) is 9.35. The number of fused-ring (bicyclic) bond motifs is 3. The molecule has 226 valence electrons. The van der Waals surface area contributed by atoms with E-state index >= 15 is 0 Å². The lowest BCUT2D eigenvalue weighted by Gasteiger charge is -2.34. The average Bonchev–Trinajstić information content (AvgIpc) is 3.48. The number of aromatic amines is 1. The van der Waals surface area contributed by atoms with Crippen molar-refractivity contribution in [3.8, 4) is 6.07 Å². The van der Waals surface area contributed by atoms with E-state index in [9.17, 15) is 19.6 Å². The molecule has 3 aliphatic rings. The molecule has 43 heavy (non-hydrogen) atoms. The van der Waals surface area contributed by atoms with Crippen LogP contribution in [0.25, 0.3) is 0 Å². The van der Waals surface area contributed by atoms with E-state index in [1.165, 1.54) is 22.7 Å². The van der Waals surface area contributed by atoms with Gasteiger partial charge in [-0.05, 0) is 68.2 Å². The monoisotopic (exact) mass is 621 g/mol. The first-order chi connectivity index (χ1) is 20.5. The van der Waals surface area contributed by atoms with Crippen LogP contribution in [0.2, 0.25) is 0 Å². The number of rotatable bonds is 8. The number of tetrazole rings is 1. The minimum absolute atomic E-state index is 0.0661. The Bertz CT molecular complexity index is 1540. The molecule has 1 unspecified atom stereocenters. The van der Waals surface area contributed by atoms with E-state index in [0.29, 0.717) is 40.8 Å². The number of hydrogen-bond acceptors (Lipinski definition) is 10. The summed E-state index contributed by atoms with van der Waals surface area (Å²) in [4.78, 5) is 47.7. The minimum atomic E-state index is -0.926. The Labute approximate surface area is 258 Å². The zero-order valence-electron chi connectivity index (χ0n) is 24.9. The van der Waals surface area contributed by atoms with Gasteiger partial charge in [-0.2, -0.15) is 10.5 Å². The van der Waals surface area contributed by atoms with Crippen LogP contribution in [-0.2, 0) is 23.1 Å². The van der Waals surface area contributed by atoms with Crippen molar-refractivity contribution in [1.29, 1.82) is 5.26 Å². The highest BCUT2D eigenvalue weighted by molar-refractivity contribution is 7.15. The predicted octanol–water partition coefficient (Wildman–Crippen LogP) is 2.04. The number of aryl methyl sites for hydroxylation is 2. The Balaban J connectivity index is 1.41. The van der Waals surface area contributed by atoms with Crippen LogP contribution >= 0.6 is 22.7 Å². The van der Waals surface area contributed by atoms with Crippen molar-refractivity contribution in [3.05, 3.63) is 48.6 Å². The van der Waals surface area contributed by atoms with E-state index in [2.05, 4.69) is 32.0 Å². The molecule has 0 bridgehead atoms. The second-order valence-electron chi connectivity index (χ2n) is 12.2. The Morgan fingerprint density at radius 2 is 1.86 bits per heavy atom. The van der Waals surface area contributed by atoms with E-state index in [-0.39, 0.29) is 42.4 Å². The summed E-state index contributed by atoms with van der Waals surface area (Å²) in [6.07, 6.45) is 3.59. The fraction of sp³-hybridized carbons (Fsp3) is 0.552.